The van der Waals surface area contributed by atoms with Gasteiger partial charge >= 0.3 is 0 Å². The molecule has 1 atom stereocenters. The zero-order valence-electron chi connectivity index (χ0n) is 11.9. The van der Waals surface area contributed by atoms with Gasteiger partial charge < -0.3 is 15.1 Å². The maximum atomic E-state index is 5.85. The Morgan fingerprint density at radius 1 is 1.42 bits per heavy atom. The molecule has 0 saturated heterocycles. The van der Waals surface area contributed by atoms with Gasteiger partial charge in [0.15, 0.2) is 5.76 Å². The molecule has 1 unspecified atom stereocenters. The number of imidazole rings is 1. The highest BCUT2D eigenvalue weighted by molar-refractivity contribution is 5.55. The van der Waals surface area contributed by atoms with E-state index in [2.05, 4.69) is 23.8 Å². The first kappa shape index (κ1) is 13.9. The fraction of sp³-hybridized carbons (Fsp3) is 0.533. The fourth-order valence-electron chi connectivity index (χ4n) is 2.48. The first-order valence-corrected chi connectivity index (χ1v) is 6.89. The van der Waals surface area contributed by atoms with Crippen LogP contribution in [-0.4, -0.2) is 16.5 Å². The fourth-order valence-corrected chi connectivity index (χ4v) is 2.48. The van der Waals surface area contributed by atoms with Crippen LogP contribution in [0.4, 0.5) is 0 Å². The number of H-pyrrole nitrogens is 1. The Balaban J connectivity index is 2.11. The van der Waals surface area contributed by atoms with Gasteiger partial charge in [-0.2, -0.15) is 0 Å². The largest absolute Gasteiger partial charge is 0.463 e. The molecule has 0 fully saturated rings. The highest BCUT2D eigenvalue weighted by Gasteiger charge is 2.15. The molecule has 2 aromatic heterocycles. The van der Waals surface area contributed by atoms with Gasteiger partial charge in [-0.25, -0.2) is 4.98 Å². The molecule has 2 rings (SSSR count). The maximum absolute atomic E-state index is 5.85. The lowest BCUT2D eigenvalue weighted by molar-refractivity contribution is 0.409. The van der Waals surface area contributed by atoms with E-state index in [1.807, 2.05) is 19.1 Å². The van der Waals surface area contributed by atoms with Crippen molar-refractivity contribution < 1.29 is 4.42 Å². The molecule has 4 nitrogen and oxygen atoms in total. The van der Waals surface area contributed by atoms with Crippen molar-refractivity contribution in [1.82, 2.24) is 9.97 Å². The van der Waals surface area contributed by atoms with Crippen LogP contribution < -0.4 is 5.73 Å². The minimum atomic E-state index is 0.481. The second kappa shape index (κ2) is 6.06. The van der Waals surface area contributed by atoms with Crippen molar-refractivity contribution >= 4 is 0 Å². The summed E-state index contributed by atoms with van der Waals surface area (Å²) in [5.41, 5.74) is 7.80. The van der Waals surface area contributed by atoms with Crippen LogP contribution in [0.5, 0.6) is 0 Å². The molecule has 0 aliphatic rings. The van der Waals surface area contributed by atoms with Crippen molar-refractivity contribution in [2.75, 3.05) is 6.54 Å². The number of aryl methyl sites for hydroxylation is 1. The van der Waals surface area contributed by atoms with Crippen molar-refractivity contribution in [2.24, 2.45) is 17.6 Å². The lowest BCUT2D eigenvalue weighted by Crippen LogP contribution is -2.19. The van der Waals surface area contributed by atoms with Gasteiger partial charge in [0.05, 0.1) is 6.26 Å². The summed E-state index contributed by atoms with van der Waals surface area (Å²) in [4.78, 5) is 7.99. The summed E-state index contributed by atoms with van der Waals surface area (Å²) in [5, 5.41) is 0. The second-order valence-electron chi connectivity index (χ2n) is 5.57. The van der Waals surface area contributed by atoms with Crippen molar-refractivity contribution in [2.45, 2.75) is 33.6 Å². The molecule has 2 heterocycles. The summed E-state index contributed by atoms with van der Waals surface area (Å²) in [6.07, 6.45) is 3.70. The van der Waals surface area contributed by atoms with E-state index < -0.39 is 0 Å². The topological polar surface area (TPSA) is 67.8 Å². The Hall–Kier alpha value is -1.55. The van der Waals surface area contributed by atoms with Crippen molar-refractivity contribution in [1.29, 1.82) is 0 Å². The first-order chi connectivity index (χ1) is 9.10. The molecule has 0 radical (unpaired) electrons. The smallest absolute Gasteiger partial charge is 0.154 e. The molecule has 3 N–H and O–H groups in total. The van der Waals surface area contributed by atoms with E-state index in [-0.39, 0.29) is 0 Å². The number of hydrogen-bond acceptors (Lipinski definition) is 3. The van der Waals surface area contributed by atoms with Crippen LogP contribution >= 0.6 is 0 Å². The van der Waals surface area contributed by atoms with E-state index >= 15 is 0 Å². The highest BCUT2D eigenvalue weighted by atomic mass is 16.3. The molecule has 0 spiro atoms. The van der Waals surface area contributed by atoms with Crippen LogP contribution in [0.15, 0.2) is 22.8 Å². The van der Waals surface area contributed by atoms with E-state index in [1.54, 1.807) is 6.26 Å². The van der Waals surface area contributed by atoms with E-state index in [0.29, 0.717) is 18.4 Å². The normalized spacial score (nSPS) is 13.1. The summed E-state index contributed by atoms with van der Waals surface area (Å²) in [7, 11) is 0. The van der Waals surface area contributed by atoms with Crippen LogP contribution in [-0.2, 0) is 6.42 Å². The van der Waals surface area contributed by atoms with Crippen molar-refractivity contribution in [3.05, 3.63) is 29.9 Å². The van der Waals surface area contributed by atoms with Gasteiger partial charge in [0.25, 0.3) is 0 Å². The number of aromatic amines is 1. The van der Waals surface area contributed by atoms with E-state index in [0.717, 1.165) is 35.8 Å². The quantitative estimate of drug-likeness (QED) is 0.839. The molecule has 0 bridgehead atoms. The molecule has 0 amide bonds. The number of nitrogens with two attached hydrogens (primary N) is 1. The standard InChI is InChI=1S/C15H23N3O/c1-10(2)7-12(9-16)8-14-17-11(3)15(18-14)13-5-4-6-19-13/h4-6,10,12H,7-9,16H2,1-3H3,(H,17,18). The van der Waals surface area contributed by atoms with Crippen LogP contribution in [0, 0.1) is 18.8 Å². The number of aromatic nitrogens is 2. The van der Waals surface area contributed by atoms with Crippen LogP contribution in [0.2, 0.25) is 0 Å². The van der Waals surface area contributed by atoms with Gasteiger partial charge in [0, 0.05) is 12.1 Å². The Morgan fingerprint density at radius 2 is 2.21 bits per heavy atom. The van der Waals surface area contributed by atoms with E-state index in [9.17, 15) is 0 Å². The SMILES string of the molecule is Cc1[nH]c(CC(CN)CC(C)C)nc1-c1ccco1. The molecular formula is C15H23N3O. The molecule has 104 valence electrons. The summed E-state index contributed by atoms with van der Waals surface area (Å²) in [5.74, 6) is 2.96. The number of nitrogens with zero attached hydrogens (tertiary/aromatic N) is 1. The zero-order valence-corrected chi connectivity index (χ0v) is 11.9. The summed E-state index contributed by atoms with van der Waals surface area (Å²) >= 11 is 0. The number of nitrogens with one attached hydrogen (secondary N) is 1. The van der Waals surface area contributed by atoms with Gasteiger partial charge in [-0.3, -0.25) is 0 Å². The van der Waals surface area contributed by atoms with Gasteiger partial charge in [-0.05, 0) is 43.9 Å². The van der Waals surface area contributed by atoms with Gasteiger partial charge in [-0.15, -0.1) is 0 Å². The van der Waals surface area contributed by atoms with Crippen LogP contribution in [0.3, 0.4) is 0 Å². The third-order valence-corrected chi connectivity index (χ3v) is 3.31. The second-order valence-corrected chi connectivity index (χ2v) is 5.57. The molecule has 2 aromatic rings. The average Bonchev–Trinajstić information content (AvgIpc) is 2.97. The molecule has 0 aliphatic carbocycles. The van der Waals surface area contributed by atoms with Crippen LogP contribution in [0.25, 0.3) is 11.5 Å². The maximum Gasteiger partial charge on any atom is 0.154 e. The Bertz CT molecular complexity index is 499. The summed E-state index contributed by atoms with van der Waals surface area (Å²) < 4.78 is 5.40. The lowest BCUT2D eigenvalue weighted by Gasteiger charge is -2.15. The Labute approximate surface area is 114 Å². The molecule has 0 saturated carbocycles. The summed E-state index contributed by atoms with van der Waals surface area (Å²) in [6.45, 7) is 7.18. The number of hydrogen-bond donors (Lipinski definition) is 2. The molecule has 19 heavy (non-hydrogen) atoms. The third-order valence-electron chi connectivity index (χ3n) is 3.31. The van der Waals surface area contributed by atoms with Gasteiger partial charge in [-0.1, -0.05) is 13.8 Å². The highest BCUT2D eigenvalue weighted by Crippen LogP contribution is 2.23. The number of furan rings is 1. The monoisotopic (exact) mass is 261 g/mol. The average molecular weight is 261 g/mol. The predicted molar refractivity (Wildman–Crippen MR) is 76.7 cm³/mol. The molecule has 4 heteroatoms. The Morgan fingerprint density at radius 3 is 2.79 bits per heavy atom. The predicted octanol–water partition coefficient (Wildman–Crippen LogP) is 3.14. The molecule has 0 aliphatic heterocycles. The molecular weight excluding hydrogens is 238 g/mol. The van der Waals surface area contributed by atoms with Gasteiger partial charge in [0.2, 0.25) is 0 Å². The molecule has 0 aromatic carbocycles. The van der Waals surface area contributed by atoms with E-state index in [1.165, 1.54) is 0 Å². The Kier molecular flexibility index (Phi) is 4.43. The first-order valence-electron chi connectivity index (χ1n) is 6.89. The van der Waals surface area contributed by atoms with Crippen molar-refractivity contribution in [3.8, 4) is 11.5 Å². The van der Waals surface area contributed by atoms with E-state index in [4.69, 9.17) is 10.2 Å². The van der Waals surface area contributed by atoms with Gasteiger partial charge in [0.1, 0.15) is 11.5 Å². The minimum Gasteiger partial charge on any atom is -0.463 e. The van der Waals surface area contributed by atoms with Crippen LogP contribution in [0.1, 0.15) is 31.8 Å². The minimum absolute atomic E-state index is 0.481. The zero-order chi connectivity index (χ0) is 13.8. The summed E-state index contributed by atoms with van der Waals surface area (Å²) in [6, 6.07) is 3.81. The lowest BCUT2D eigenvalue weighted by atomic mass is 9.94. The van der Waals surface area contributed by atoms with Crippen molar-refractivity contribution in [3.63, 3.8) is 0 Å². The number of rotatable bonds is 6. The third kappa shape index (κ3) is 3.47.